The molecule has 1 fully saturated rings. The Morgan fingerprint density at radius 2 is 1.86 bits per heavy atom. The minimum absolute atomic E-state index is 0.748. The molecular weight excluding hydrogens is 262 g/mol. The van der Waals surface area contributed by atoms with E-state index in [0.29, 0.717) is 0 Å². The number of benzene rings is 1. The molecule has 5 heteroatoms. The number of likely N-dealkylation sites (tertiary alicyclic amines) is 1. The van der Waals surface area contributed by atoms with Crippen LogP contribution in [0.1, 0.15) is 25.7 Å². The lowest BCUT2D eigenvalue weighted by Crippen LogP contribution is -2.38. The average Bonchev–Trinajstić information content (AvgIpc) is 2.87. The summed E-state index contributed by atoms with van der Waals surface area (Å²) in [7, 11) is 0. The lowest BCUT2D eigenvalue weighted by molar-refractivity contribution is 0.434. The monoisotopic (exact) mass is 285 g/mol. The van der Waals surface area contributed by atoms with E-state index in [1.54, 1.807) is 0 Å². The second kappa shape index (κ2) is 7.11. The van der Waals surface area contributed by atoms with Crippen LogP contribution in [0.25, 0.3) is 0 Å². The third-order valence-corrected chi connectivity index (χ3v) is 3.80. The van der Waals surface area contributed by atoms with E-state index in [1.807, 2.05) is 18.2 Å². The number of hydrogen-bond acceptors (Lipinski definition) is 3. The number of para-hydroxylation sites is 1. The van der Waals surface area contributed by atoms with Gasteiger partial charge in [0.2, 0.25) is 11.9 Å². The Morgan fingerprint density at radius 3 is 2.52 bits per heavy atom. The van der Waals surface area contributed by atoms with Gasteiger partial charge in [-0.2, -0.15) is 4.99 Å². The number of rotatable bonds is 1. The van der Waals surface area contributed by atoms with Crippen molar-refractivity contribution in [1.29, 1.82) is 0 Å². The first-order chi connectivity index (χ1) is 10.4. The van der Waals surface area contributed by atoms with Crippen LogP contribution in [0.4, 0.5) is 5.69 Å². The Bertz CT molecular complexity index is 501. The van der Waals surface area contributed by atoms with Crippen LogP contribution in [0.3, 0.4) is 0 Å². The van der Waals surface area contributed by atoms with Gasteiger partial charge in [-0.15, -0.1) is 0 Å². The molecule has 3 rings (SSSR count). The summed E-state index contributed by atoms with van der Waals surface area (Å²) in [6, 6.07) is 10.2. The first kappa shape index (κ1) is 13.9. The number of nitrogens with one attached hydrogen (secondary N) is 2. The topological polar surface area (TPSA) is 52.0 Å². The Hall–Kier alpha value is -2.04. The maximum Gasteiger partial charge on any atom is 0.221 e. The van der Waals surface area contributed by atoms with Gasteiger partial charge in [-0.3, -0.25) is 0 Å². The van der Waals surface area contributed by atoms with Gasteiger partial charge in [0.25, 0.3) is 0 Å². The molecule has 0 saturated carbocycles. The molecule has 112 valence electrons. The van der Waals surface area contributed by atoms with Gasteiger partial charge in [0, 0.05) is 25.3 Å². The van der Waals surface area contributed by atoms with Crippen LogP contribution >= 0.6 is 0 Å². The minimum Gasteiger partial charge on any atom is -0.353 e. The molecule has 0 aromatic heterocycles. The van der Waals surface area contributed by atoms with Gasteiger partial charge >= 0.3 is 0 Å². The minimum atomic E-state index is 0.748. The summed E-state index contributed by atoms with van der Waals surface area (Å²) in [6.45, 7) is 3.83. The van der Waals surface area contributed by atoms with Gasteiger partial charge in [0.05, 0.1) is 6.54 Å². The third kappa shape index (κ3) is 3.97. The molecule has 2 heterocycles. The van der Waals surface area contributed by atoms with E-state index in [2.05, 4.69) is 32.7 Å². The molecule has 0 amide bonds. The Morgan fingerprint density at radius 1 is 1.10 bits per heavy atom. The van der Waals surface area contributed by atoms with Crippen molar-refractivity contribution in [3.05, 3.63) is 30.3 Å². The molecule has 2 aliphatic heterocycles. The normalized spacial score (nSPS) is 19.7. The molecule has 1 saturated heterocycles. The molecule has 2 aliphatic rings. The Labute approximate surface area is 126 Å². The molecule has 0 bridgehead atoms. The van der Waals surface area contributed by atoms with E-state index in [1.165, 1.54) is 25.7 Å². The smallest absolute Gasteiger partial charge is 0.221 e. The maximum absolute atomic E-state index is 4.71. The van der Waals surface area contributed by atoms with E-state index in [0.717, 1.165) is 43.8 Å². The van der Waals surface area contributed by atoms with Gasteiger partial charge in [0.1, 0.15) is 0 Å². The molecule has 1 aromatic rings. The number of guanidine groups is 2. The molecule has 2 N–H and O–H groups in total. The predicted molar refractivity (Wildman–Crippen MR) is 87.8 cm³/mol. The number of hydrogen-bond donors (Lipinski definition) is 2. The summed E-state index contributed by atoms with van der Waals surface area (Å²) in [6.07, 6.45) is 5.09. The molecule has 21 heavy (non-hydrogen) atoms. The first-order valence-corrected chi connectivity index (χ1v) is 7.86. The lowest BCUT2D eigenvalue weighted by Gasteiger charge is -2.25. The quantitative estimate of drug-likeness (QED) is 0.615. The van der Waals surface area contributed by atoms with Crippen molar-refractivity contribution in [2.24, 2.45) is 9.98 Å². The van der Waals surface area contributed by atoms with Crippen LogP contribution in [0.5, 0.6) is 0 Å². The Balaban J connectivity index is 1.79. The molecule has 0 atom stereocenters. The van der Waals surface area contributed by atoms with Crippen LogP contribution in [0.2, 0.25) is 0 Å². The summed E-state index contributed by atoms with van der Waals surface area (Å²) >= 11 is 0. The average molecular weight is 285 g/mol. The van der Waals surface area contributed by atoms with E-state index >= 15 is 0 Å². The molecule has 0 aliphatic carbocycles. The predicted octanol–water partition coefficient (Wildman–Crippen LogP) is 2.29. The highest BCUT2D eigenvalue weighted by atomic mass is 15.3. The van der Waals surface area contributed by atoms with E-state index in [4.69, 9.17) is 4.99 Å². The SMILES string of the molecule is c1ccc(NC(=NC2=NCCN2)N2CCCCCC2)cc1. The van der Waals surface area contributed by atoms with Crippen molar-refractivity contribution in [3.8, 4) is 0 Å². The van der Waals surface area contributed by atoms with Crippen molar-refractivity contribution in [2.75, 3.05) is 31.5 Å². The van der Waals surface area contributed by atoms with Gasteiger partial charge in [0.15, 0.2) is 0 Å². The van der Waals surface area contributed by atoms with Crippen molar-refractivity contribution in [2.45, 2.75) is 25.7 Å². The van der Waals surface area contributed by atoms with Crippen LogP contribution in [0, 0.1) is 0 Å². The van der Waals surface area contributed by atoms with Crippen LogP contribution < -0.4 is 10.6 Å². The van der Waals surface area contributed by atoms with Gasteiger partial charge < -0.3 is 15.5 Å². The largest absolute Gasteiger partial charge is 0.353 e. The summed E-state index contributed by atoms with van der Waals surface area (Å²) in [5, 5.41) is 6.68. The molecular formula is C16H23N5. The van der Waals surface area contributed by atoms with E-state index in [9.17, 15) is 0 Å². The molecule has 0 radical (unpaired) electrons. The van der Waals surface area contributed by atoms with Gasteiger partial charge in [-0.05, 0) is 25.0 Å². The van der Waals surface area contributed by atoms with Crippen molar-refractivity contribution in [1.82, 2.24) is 10.2 Å². The zero-order chi connectivity index (χ0) is 14.3. The zero-order valence-electron chi connectivity index (χ0n) is 12.4. The fourth-order valence-corrected chi connectivity index (χ4v) is 2.67. The maximum atomic E-state index is 4.71. The first-order valence-electron chi connectivity index (χ1n) is 7.86. The zero-order valence-corrected chi connectivity index (χ0v) is 12.4. The Kier molecular flexibility index (Phi) is 4.71. The summed E-state index contributed by atoms with van der Waals surface area (Å²) in [5.41, 5.74) is 1.07. The number of anilines is 1. The summed E-state index contributed by atoms with van der Waals surface area (Å²) in [4.78, 5) is 11.4. The fourth-order valence-electron chi connectivity index (χ4n) is 2.67. The molecule has 5 nitrogen and oxygen atoms in total. The fraction of sp³-hybridized carbons (Fsp3) is 0.500. The lowest BCUT2D eigenvalue weighted by atomic mass is 10.2. The second-order valence-electron chi connectivity index (χ2n) is 5.46. The highest BCUT2D eigenvalue weighted by Gasteiger charge is 2.16. The standard InChI is InChI=1S/C16H23N5/c1-2-7-13-21(12-6-1)16(20-15-17-10-11-18-15)19-14-8-4-3-5-9-14/h3-5,8-9H,1-2,6-7,10-13H2,(H2,17,18,19,20). The van der Waals surface area contributed by atoms with Crippen molar-refractivity contribution in [3.63, 3.8) is 0 Å². The molecule has 0 spiro atoms. The van der Waals surface area contributed by atoms with Gasteiger partial charge in [-0.1, -0.05) is 31.0 Å². The van der Waals surface area contributed by atoms with Crippen molar-refractivity contribution >= 4 is 17.6 Å². The van der Waals surface area contributed by atoms with Gasteiger partial charge in [-0.25, -0.2) is 4.99 Å². The highest BCUT2D eigenvalue weighted by Crippen LogP contribution is 2.13. The van der Waals surface area contributed by atoms with Crippen molar-refractivity contribution < 1.29 is 0 Å². The molecule has 0 unspecified atom stereocenters. The van der Waals surface area contributed by atoms with Crippen LogP contribution in [-0.4, -0.2) is 43.0 Å². The van der Waals surface area contributed by atoms with Crippen LogP contribution in [0.15, 0.2) is 40.3 Å². The van der Waals surface area contributed by atoms with E-state index < -0.39 is 0 Å². The molecule has 1 aromatic carbocycles. The van der Waals surface area contributed by atoms with Crippen LogP contribution in [-0.2, 0) is 0 Å². The summed E-state index contributed by atoms with van der Waals surface area (Å²) in [5.74, 6) is 1.66. The summed E-state index contributed by atoms with van der Waals surface area (Å²) < 4.78 is 0. The second-order valence-corrected chi connectivity index (χ2v) is 5.46. The number of nitrogens with zero attached hydrogens (tertiary/aromatic N) is 3. The van der Waals surface area contributed by atoms with E-state index in [-0.39, 0.29) is 0 Å². The number of aliphatic imine (C=N–C) groups is 2. The third-order valence-electron chi connectivity index (χ3n) is 3.80. The highest BCUT2D eigenvalue weighted by molar-refractivity contribution is 6.02.